The van der Waals surface area contributed by atoms with Crippen LogP contribution in [0, 0.1) is 17.3 Å². The molecule has 5 heteroatoms. The van der Waals surface area contributed by atoms with Gasteiger partial charge >= 0.3 is 5.97 Å². The van der Waals surface area contributed by atoms with E-state index in [1.165, 1.54) is 0 Å². The molecule has 0 aliphatic rings. The molecule has 0 aliphatic carbocycles. The molecule has 0 aliphatic heterocycles. The number of esters is 1. The second-order valence-electron chi connectivity index (χ2n) is 7.83. The van der Waals surface area contributed by atoms with Gasteiger partial charge in [-0.05, 0) is 41.1 Å². The van der Waals surface area contributed by atoms with Crippen LogP contribution in [-0.2, 0) is 14.3 Å². The molecule has 0 aromatic rings. The largest absolute Gasteiger partial charge is 0.462 e. The first-order chi connectivity index (χ1) is 11.1. The predicted molar refractivity (Wildman–Crippen MR) is 108 cm³/mol. The van der Waals surface area contributed by atoms with Crippen molar-refractivity contribution in [2.24, 2.45) is 23.0 Å². The molecule has 0 bridgehead atoms. The number of nitrogens with two attached hydrogens (primary N) is 1. The van der Waals surface area contributed by atoms with E-state index >= 15 is 0 Å². The highest BCUT2D eigenvalue weighted by molar-refractivity contribution is 14.1. The Morgan fingerprint density at radius 2 is 1.83 bits per heavy atom. The highest BCUT2D eigenvalue weighted by Gasteiger charge is 2.31. The number of carbonyl (C=O) groups excluding carboxylic acids is 2. The molecule has 0 unspecified atom stereocenters. The zero-order valence-electron chi connectivity index (χ0n) is 15.8. The van der Waals surface area contributed by atoms with E-state index < -0.39 is 0 Å². The summed E-state index contributed by atoms with van der Waals surface area (Å²) in [6.07, 6.45) is 6.60. The Balaban J connectivity index is 4.56. The molecule has 0 fully saturated rings. The number of ether oxygens (including phenoxy) is 1. The SMILES string of the molecule is C[C@@H](CCCC(N)=O)C[C@H](OC(=O)[C@H](C)CC/C=C/I)C(C)(C)C. The minimum absolute atomic E-state index is 0.0902. The van der Waals surface area contributed by atoms with Crippen LogP contribution in [0.2, 0.25) is 0 Å². The van der Waals surface area contributed by atoms with Gasteiger partial charge in [-0.1, -0.05) is 69.7 Å². The molecule has 0 heterocycles. The lowest BCUT2D eigenvalue weighted by Gasteiger charge is -2.33. The number of amides is 1. The lowest BCUT2D eigenvalue weighted by atomic mass is 9.82. The van der Waals surface area contributed by atoms with E-state index in [0.717, 1.165) is 32.1 Å². The third-order valence-electron chi connectivity index (χ3n) is 4.22. The van der Waals surface area contributed by atoms with Crippen molar-refractivity contribution >= 4 is 34.5 Å². The van der Waals surface area contributed by atoms with Gasteiger partial charge in [0, 0.05) is 6.42 Å². The molecule has 1 amide bonds. The zero-order chi connectivity index (χ0) is 18.8. The lowest BCUT2D eigenvalue weighted by molar-refractivity contribution is -0.160. The summed E-state index contributed by atoms with van der Waals surface area (Å²) in [5, 5.41) is 0. The van der Waals surface area contributed by atoms with Crippen molar-refractivity contribution in [1.82, 2.24) is 0 Å². The van der Waals surface area contributed by atoms with Crippen LogP contribution in [0.3, 0.4) is 0 Å². The average Bonchev–Trinajstić information content (AvgIpc) is 2.45. The van der Waals surface area contributed by atoms with Crippen LogP contribution in [0.5, 0.6) is 0 Å². The van der Waals surface area contributed by atoms with Crippen LogP contribution >= 0.6 is 22.6 Å². The molecule has 4 nitrogen and oxygen atoms in total. The van der Waals surface area contributed by atoms with Crippen LogP contribution in [0.25, 0.3) is 0 Å². The number of rotatable bonds is 11. The molecule has 0 radical (unpaired) electrons. The van der Waals surface area contributed by atoms with Crippen molar-refractivity contribution in [3.05, 3.63) is 10.2 Å². The molecule has 0 aromatic carbocycles. The second-order valence-corrected chi connectivity index (χ2v) is 8.55. The van der Waals surface area contributed by atoms with E-state index in [4.69, 9.17) is 10.5 Å². The van der Waals surface area contributed by atoms with Crippen LogP contribution in [0.15, 0.2) is 10.2 Å². The predicted octanol–water partition coefficient (Wildman–Crippen LogP) is 4.99. The van der Waals surface area contributed by atoms with E-state index in [-0.39, 0.29) is 29.3 Å². The van der Waals surface area contributed by atoms with Gasteiger partial charge < -0.3 is 10.5 Å². The van der Waals surface area contributed by atoms with Crippen LogP contribution < -0.4 is 5.73 Å². The van der Waals surface area contributed by atoms with Crippen LogP contribution in [0.1, 0.15) is 73.1 Å². The lowest BCUT2D eigenvalue weighted by Crippen LogP contribution is -2.35. The summed E-state index contributed by atoms with van der Waals surface area (Å²) in [5.41, 5.74) is 5.08. The number of hydrogen-bond acceptors (Lipinski definition) is 3. The number of carbonyl (C=O) groups is 2. The summed E-state index contributed by atoms with van der Waals surface area (Å²) < 4.78 is 7.82. The molecule has 0 aromatic heterocycles. The van der Waals surface area contributed by atoms with E-state index in [1.54, 1.807) is 0 Å². The summed E-state index contributed by atoms with van der Waals surface area (Å²) in [6, 6.07) is 0. The van der Waals surface area contributed by atoms with Gasteiger partial charge in [0.25, 0.3) is 0 Å². The molecular weight excluding hydrogens is 417 g/mol. The fourth-order valence-electron chi connectivity index (χ4n) is 2.47. The summed E-state index contributed by atoms with van der Waals surface area (Å²) in [4.78, 5) is 23.2. The van der Waals surface area contributed by atoms with Gasteiger partial charge in [0.05, 0.1) is 5.92 Å². The van der Waals surface area contributed by atoms with Gasteiger partial charge in [-0.15, -0.1) is 0 Å². The molecule has 140 valence electrons. The highest BCUT2D eigenvalue weighted by atomic mass is 127. The topological polar surface area (TPSA) is 69.4 Å². The normalized spacial score (nSPS) is 15.9. The van der Waals surface area contributed by atoms with Crippen molar-refractivity contribution in [2.75, 3.05) is 0 Å². The maximum atomic E-state index is 12.4. The average molecular weight is 451 g/mol. The Kier molecular flexibility index (Phi) is 11.6. The highest BCUT2D eigenvalue weighted by Crippen LogP contribution is 2.30. The molecule has 24 heavy (non-hydrogen) atoms. The van der Waals surface area contributed by atoms with Crippen molar-refractivity contribution in [2.45, 2.75) is 79.2 Å². The summed E-state index contributed by atoms with van der Waals surface area (Å²) in [6.45, 7) is 10.4. The summed E-state index contributed by atoms with van der Waals surface area (Å²) in [5.74, 6) is -0.0669. The van der Waals surface area contributed by atoms with Crippen LogP contribution in [0.4, 0.5) is 0 Å². The molecule has 0 saturated heterocycles. The maximum absolute atomic E-state index is 12.4. The van der Waals surface area contributed by atoms with Crippen molar-refractivity contribution in [1.29, 1.82) is 0 Å². The molecule has 0 spiro atoms. The number of halogens is 1. The van der Waals surface area contributed by atoms with E-state index in [0.29, 0.717) is 12.3 Å². The first-order valence-electron chi connectivity index (χ1n) is 8.82. The first-order valence-corrected chi connectivity index (χ1v) is 10.1. The second kappa shape index (κ2) is 11.9. The Morgan fingerprint density at radius 3 is 2.33 bits per heavy atom. The minimum atomic E-state index is -0.254. The van der Waals surface area contributed by atoms with Crippen molar-refractivity contribution in [3.63, 3.8) is 0 Å². The third-order valence-corrected chi connectivity index (χ3v) is 4.73. The van der Waals surface area contributed by atoms with Gasteiger partial charge in [0.2, 0.25) is 5.91 Å². The Bertz CT molecular complexity index is 415. The van der Waals surface area contributed by atoms with Gasteiger partial charge in [0.15, 0.2) is 0 Å². The molecule has 0 saturated carbocycles. The van der Waals surface area contributed by atoms with Gasteiger partial charge in [-0.2, -0.15) is 0 Å². The molecular formula is C19H34INO3. The van der Waals surface area contributed by atoms with Gasteiger partial charge in [0.1, 0.15) is 6.10 Å². The Morgan fingerprint density at radius 1 is 1.21 bits per heavy atom. The van der Waals surface area contributed by atoms with E-state index in [9.17, 15) is 9.59 Å². The van der Waals surface area contributed by atoms with E-state index in [2.05, 4.69) is 56.4 Å². The monoisotopic (exact) mass is 451 g/mol. The molecule has 2 N–H and O–H groups in total. The number of hydrogen-bond donors (Lipinski definition) is 1. The number of allylic oxidation sites excluding steroid dienone is 1. The number of primary amides is 1. The third kappa shape index (κ3) is 11.0. The smallest absolute Gasteiger partial charge is 0.308 e. The first kappa shape index (κ1) is 23.4. The summed E-state index contributed by atoms with van der Waals surface area (Å²) in [7, 11) is 0. The Labute approximate surface area is 161 Å². The van der Waals surface area contributed by atoms with E-state index in [1.807, 2.05) is 11.0 Å². The fourth-order valence-corrected chi connectivity index (χ4v) is 2.83. The fraction of sp³-hybridized carbons (Fsp3) is 0.789. The standard InChI is InChI=1S/C19H34INO3/c1-14(9-8-11-17(21)22)13-16(19(3,4)5)24-18(23)15(2)10-6-7-12-20/h7,12,14-16H,6,8-11,13H2,1-5H3,(H2,21,22)/b12-7+/t14-,15+,16-/m0/s1. The van der Waals surface area contributed by atoms with Crippen molar-refractivity contribution < 1.29 is 14.3 Å². The molecule has 0 rings (SSSR count). The van der Waals surface area contributed by atoms with Crippen molar-refractivity contribution in [3.8, 4) is 0 Å². The molecule has 3 atom stereocenters. The van der Waals surface area contributed by atoms with Crippen LogP contribution in [-0.4, -0.2) is 18.0 Å². The summed E-state index contributed by atoms with van der Waals surface area (Å²) >= 11 is 2.18. The van der Waals surface area contributed by atoms with Gasteiger partial charge in [-0.3, -0.25) is 9.59 Å². The zero-order valence-corrected chi connectivity index (χ0v) is 18.0. The minimum Gasteiger partial charge on any atom is -0.462 e. The van der Waals surface area contributed by atoms with Gasteiger partial charge in [-0.25, -0.2) is 0 Å². The maximum Gasteiger partial charge on any atom is 0.308 e. The quantitative estimate of drug-likeness (QED) is 0.355. The Hall–Kier alpha value is -0.590.